The average molecular weight is 270 g/mol. The van der Waals surface area contributed by atoms with Crippen molar-refractivity contribution >= 4 is 17.2 Å². The van der Waals surface area contributed by atoms with Crippen LogP contribution in [0.3, 0.4) is 0 Å². The van der Waals surface area contributed by atoms with Crippen LogP contribution in [0.5, 0.6) is 0 Å². The van der Waals surface area contributed by atoms with Gasteiger partial charge >= 0.3 is 0 Å². The molecule has 1 amide bonds. The first-order chi connectivity index (χ1) is 8.60. The minimum Gasteiger partial charge on any atom is -0.396 e. The lowest BCUT2D eigenvalue weighted by Gasteiger charge is -2.29. The number of aliphatic hydroxyl groups is 1. The highest BCUT2D eigenvalue weighted by Crippen LogP contribution is 2.24. The molecule has 0 saturated carbocycles. The topological polar surface area (TPSA) is 62.2 Å². The van der Waals surface area contributed by atoms with Crippen LogP contribution >= 0.6 is 11.3 Å². The number of nitrogens with one attached hydrogen (secondary N) is 1. The molecule has 0 radical (unpaired) electrons. The fourth-order valence-corrected chi connectivity index (χ4v) is 2.49. The van der Waals surface area contributed by atoms with Gasteiger partial charge in [-0.1, -0.05) is 20.8 Å². The van der Waals surface area contributed by atoms with E-state index in [0.717, 1.165) is 24.3 Å². The van der Waals surface area contributed by atoms with E-state index in [2.05, 4.69) is 10.3 Å². The molecule has 1 heterocycles. The Morgan fingerprint density at radius 1 is 1.44 bits per heavy atom. The fraction of sp³-hybridized carbons (Fsp3) is 0.692. The van der Waals surface area contributed by atoms with Crippen LogP contribution in [-0.2, 0) is 6.42 Å². The summed E-state index contributed by atoms with van der Waals surface area (Å²) in [6.45, 7) is 6.70. The van der Waals surface area contributed by atoms with E-state index in [1.54, 1.807) is 6.20 Å². The zero-order chi connectivity index (χ0) is 13.6. The molecule has 0 aromatic carbocycles. The summed E-state index contributed by atoms with van der Waals surface area (Å²) < 4.78 is 0. The fourth-order valence-electron chi connectivity index (χ4n) is 1.71. The number of aryl methyl sites for hydroxylation is 1. The molecule has 0 fully saturated rings. The first-order valence-corrected chi connectivity index (χ1v) is 7.26. The molecule has 1 aromatic heterocycles. The molecule has 2 N–H and O–H groups in total. The van der Waals surface area contributed by atoms with Crippen molar-refractivity contribution in [3.63, 3.8) is 0 Å². The molecule has 4 nitrogen and oxygen atoms in total. The predicted octanol–water partition coefficient (Wildman–Crippen LogP) is 2.23. The maximum Gasteiger partial charge on any atom is 0.263 e. The van der Waals surface area contributed by atoms with Crippen LogP contribution < -0.4 is 5.32 Å². The first-order valence-electron chi connectivity index (χ1n) is 6.44. The van der Waals surface area contributed by atoms with E-state index in [1.807, 2.05) is 20.8 Å². The average Bonchev–Trinajstić information content (AvgIpc) is 2.89. The molecule has 0 aliphatic rings. The number of amides is 1. The number of hydrogen-bond donors (Lipinski definition) is 2. The van der Waals surface area contributed by atoms with E-state index in [4.69, 9.17) is 0 Å². The lowest BCUT2D eigenvalue weighted by atomic mass is 9.83. The number of carbonyl (C=O) groups is 1. The predicted molar refractivity (Wildman–Crippen MR) is 73.9 cm³/mol. The van der Waals surface area contributed by atoms with Gasteiger partial charge in [0, 0.05) is 12.0 Å². The Hall–Kier alpha value is -0.940. The highest BCUT2D eigenvalue weighted by molar-refractivity contribution is 7.13. The highest BCUT2D eigenvalue weighted by atomic mass is 32.1. The lowest BCUT2D eigenvalue weighted by Crippen LogP contribution is -2.39. The van der Waals surface area contributed by atoms with E-state index < -0.39 is 0 Å². The molecule has 0 bridgehead atoms. The second kappa shape index (κ2) is 6.85. The van der Waals surface area contributed by atoms with Gasteiger partial charge in [0.25, 0.3) is 5.91 Å². The Bertz CT molecular complexity index is 378. The number of hydrogen-bond acceptors (Lipinski definition) is 4. The Kier molecular flexibility index (Phi) is 5.75. The molecule has 18 heavy (non-hydrogen) atoms. The molecular weight excluding hydrogens is 248 g/mol. The van der Waals surface area contributed by atoms with Crippen LogP contribution in [0.25, 0.3) is 0 Å². The van der Waals surface area contributed by atoms with Crippen molar-refractivity contribution in [3.8, 4) is 0 Å². The number of thiazole rings is 1. The van der Waals surface area contributed by atoms with Crippen molar-refractivity contribution in [3.05, 3.63) is 16.1 Å². The molecule has 0 aliphatic carbocycles. The molecule has 0 spiro atoms. The summed E-state index contributed by atoms with van der Waals surface area (Å²) in [4.78, 5) is 16.8. The van der Waals surface area contributed by atoms with Gasteiger partial charge in [0.1, 0.15) is 4.88 Å². The van der Waals surface area contributed by atoms with E-state index in [9.17, 15) is 9.90 Å². The molecule has 0 aliphatic heterocycles. The summed E-state index contributed by atoms with van der Waals surface area (Å²) in [7, 11) is 0. The SMILES string of the molecule is CCc1ncc(C(=O)NCC(CC)(CC)CO)s1. The van der Waals surface area contributed by atoms with Gasteiger partial charge in [0.05, 0.1) is 17.8 Å². The Morgan fingerprint density at radius 2 is 2.11 bits per heavy atom. The van der Waals surface area contributed by atoms with Crippen molar-refractivity contribution in [2.45, 2.75) is 40.0 Å². The number of nitrogens with zero attached hydrogens (tertiary/aromatic N) is 1. The van der Waals surface area contributed by atoms with E-state index in [0.29, 0.717) is 11.4 Å². The monoisotopic (exact) mass is 270 g/mol. The molecule has 1 aromatic rings. The normalized spacial score (nSPS) is 11.6. The lowest BCUT2D eigenvalue weighted by molar-refractivity contribution is 0.0854. The smallest absolute Gasteiger partial charge is 0.263 e. The molecule has 5 heteroatoms. The van der Waals surface area contributed by atoms with E-state index in [1.165, 1.54) is 11.3 Å². The van der Waals surface area contributed by atoms with Crippen LogP contribution in [-0.4, -0.2) is 29.1 Å². The Morgan fingerprint density at radius 3 is 2.56 bits per heavy atom. The maximum atomic E-state index is 11.9. The third-order valence-corrected chi connectivity index (χ3v) is 4.68. The number of aromatic nitrogens is 1. The maximum absolute atomic E-state index is 11.9. The van der Waals surface area contributed by atoms with Gasteiger partial charge in [-0.2, -0.15) is 0 Å². The van der Waals surface area contributed by atoms with Gasteiger partial charge in [0.2, 0.25) is 0 Å². The number of rotatable bonds is 7. The van der Waals surface area contributed by atoms with Crippen LogP contribution in [0.15, 0.2) is 6.20 Å². The minimum absolute atomic E-state index is 0.0908. The van der Waals surface area contributed by atoms with Gasteiger partial charge < -0.3 is 10.4 Å². The molecule has 102 valence electrons. The highest BCUT2D eigenvalue weighted by Gasteiger charge is 2.26. The summed E-state index contributed by atoms with van der Waals surface area (Å²) in [5.74, 6) is -0.0908. The largest absolute Gasteiger partial charge is 0.396 e. The summed E-state index contributed by atoms with van der Waals surface area (Å²) in [5.41, 5.74) is -0.200. The third kappa shape index (κ3) is 3.53. The van der Waals surface area contributed by atoms with Crippen molar-refractivity contribution in [1.29, 1.82) is 0 Å². The second-order valence-electron chi connectivity index (χ2n) is 4.52. The molecular formula is C13H22N2O2S. The van der Waals surface area contributed by atoms with Crippen LogP contribution in [0.2, 0.25) is 0 Å². The summed E-state index contributed by atoms with van der Waals surface area (Å²) >= 11 is 1.43. The summed E-state index contributed by atoms with van der Waals surface area (Å²) in [5, 5.41) is 13.3. The second-order valence-corrected chi connectivity index (χ2v) is 5.63. The zero-order valence-corrected chi connectivity index (χ0v) is 12.1. The molecule has 0 atom stereocenters. The number of aliphatic hydroxyl groups excluding tert-OH is 1. The Labute approximate surface area is 112 Å². The van der Waals surface area contributed by atoms with Gasteiger partial charge in [0.15, 0.2) is 0 Å². The standard InChI is InChI=1S/C13H22N2O2S/c1-4-11-14-7-10(18-11)12(17)15-8-13(5-2,6-3)9-16/h7,16H,4-6,8-9H2,1-3H3,(H,15,17). The third-order valence-electron chi connectivity index (χ3n) is 3.54. The van der Waals surface area contributed by atoms with Gasteiger partial charge in [-0.05, 0) is 19.3 Å². The molecule has 1 rings (SSSR count). The quantitative estimate of drug-likeness (QED) is 0.798. The van der Waals surface area contributed by atoms with Crippen LogP contribution in [0, 0.1) is 5.41 Å². The van der Waals surface area contributed by atoms with Gasteiger partial charge in [-0.3, -0.25) is 4.79 Å². The van der Waals surface area contributed by atoms with Crippen LogP contribution in [0.1, 0.15) is 48.3 Å². The van der Waals surface area contributed by atoms with Gasteiger partial charge in [-0.25, -0.2) is 4.98 Å². The van der Waals surface area contributed by atoms with Crippen molar-refractivity contribution in [2.24, 2.45) is 5.41 Å². The van der Waals surface area contributed by atoms with Crippen LogP contribution in [0.4, 0.5) is 0 Å². The molecule has 0 saturated heterocycles. The van der Waals surface area contributed by atoms with E-state index in [-0.39, 0.29) is 17.9 Å². The van der Waals surface area contributed by atoms with E-state index >= 15 is 0 Å². The number of carbonyl (C=O) groups excluding carboxylic acids is 1. The van der Waals surface area contributed by atoms with Gasteiger partial charge in [-0.15, -0.1) is 11.3 Å². The van der Waals surface area contributed by atoms with Crippen molar-refractivity contribution in [2.75, 3.05) is 13.2 Å². The summed E-state index contributed by atoms with van der Waals surface area (Å²) in [6, 6.07) is 0. The molecule has 0 unspecified atom stereocenters. The Balaban J connectivity index is 2.59. The minimum atomic E-state index is -0.200. The first kappa shape index (κ1) is 15.1. The van der Waals surface area contributed by atoms with Crippen molar-refractivity contribution in [1.82, 2.24) is 10.3 Å². The van der Waals surface area contributed by atoms with Crippen molar-refractivity contribution < 1.29 is 9.90 Å². The zero-order valence-electron chi connectivity index (χ0n) is 11.3. The summed E-state index contributed by atoms with van der Waals surface area (Å²) in [6.07, 6.45) is 4.17.